The molecule has 2 bridgehead atoms. The maximum atomic E-state index is 13.1. The van der Waals surface area contributed by atoms with E-state index in [2.05, 4.69) is 24.1 Å². The number of anilines is 1. The zero-order valence-electron chi connectivity index (χ0n) is 11.3. The van der Waals surface area contributed by atoms with Gasteiger partial charge in [0.15, 0.2) is 0 Å². The highest BCUT2D eigenvalue weighted by Gasteiger charge is 2.46. The quantitative estimate of drug-likeness (QED) is 0.841. The van der Waals surface area contributed by atoms with Crippen molar-refractivity contribution in [2.75, 3.05) is 18.0 Å². The number of nitrogens with one attached hydrogen (secondary N) is 1. The van der Waals surface area contributed by atoms with Crippen LogP contribution in [0.2, 0.25) is 0 Å². The van der Waals surface area contributed by atoms with Gasteiger partial charge in [-0.2, -0.15) is 0 Å². The molecule has 0 spiro atoms. The highest BCUT2D eigenvalue weighted by atomic mass is 19.1. The predicted octanol–water partition coefficient (Wildman–Crippen LogP) is 2.18. The monoisotopic (exact) mass is 262 g/mol. The van der Waals surface area contributed by atoms with Crippen molar-refractivity contribution in [3.63, 3.8) is 0 Å². The number of benzene rings is 1. The van der Waals surface area contributed by atoms with Crippen LogP contribution in [-0.4, -0.2) is 25.0 Å². The molecule has 2 atom stereocenters. The molecule has 1 aromatic rings. The van der Waals surface area contributed by atoms with Crippen molar-refractivity contribution in [3.05, 3.63) is 30.1 Å². The van der Waals surface area contributed by atoms with E-state index >= 15 is 0 Å². The topological polar surface area (TPSA) is 32.3 Å². The lowest BCUT2D eigenvalue weighted by molar-refractivity contribution is -0.124. The van der Waals surface area contributed by atoms with Gasteiger partial charge in [0.25, 0.3) is 0 Å². The third-order valence-corrected chi connectivity index (χ3v) is 4.47. The lowest BCUT2D eigenvalue weighted by atomic mass is 9.73. The van der Waals surface area contributed by atoms with Gasteiger partial charge >= 0.3 is 0 Å². The first-order valence-corrected chi connectivity index (χ1v) is 6.77. The summed E-state index contributed by atoms with van der Waals surface area (Å²) in [5, 5.41) is 3.02. The highest BCUT2D eigenvalue weighted by molar-refractivity contribution is 5.81. The van der Waals surface area contributed by atoms with Crippen molar-refractivity contribution in [1.82, 2.24) is 5.32 Å². The molecule has 4 rings (SSSR count). The Kier molecular flexibility index (Phi) is 2.77. The average molecular weight is 262 g/mol. The highest BCUT2D eigenvalue weighted by Crippen LogP contribution is 2.41. The number of amides is 1. The number of piperidine rings is 1. The van der Waals surface area contributed by atoms with Crippen molar-refractivity contribution in [2.24, 2.45) is 11.3 Å². The molecule has 4 heteroatoms. The SMILES string of the molecule is CC1(C)CC2CN(c3ccc(F)cc3)[C@@H]1CNC2=O. The van der Waals surface area contributed by atoms with Gasteiger partial charge in [-0.3, -0.25) is 4.79 Å². The van der Waals surface area contributed by atoms with Crippen LogP contribution in [0.1, 0.15) is 20.3 Å². The van der Waals surface area contributed by atoms with Gasteiger partial charge < -0.3 is 10.2 Å². The van der Waals surface area contributed by atoms with Gasteiger partial charge in [0, 0.05) is 18.8 Å². The number of hydrogen-bond acceptors (Lipinski definition) is 2. The molecule has 19 heavy (non-hydrogen) atoms. The van der Waals surface area contributed by atoms with Crippen LogP contribution in [0.25, 0.3) is 0 Å². The van der Waals surface area contributed by atoms with Crippen LogP contribution in [-0.2, 0) is 4.79 Å². The summed E-state index contributed by atoms with van der Waals surface area (Å²) in [6.07, 6.45) is 0.918. The van der Waals surface area contributed by atoms with Gasteiger partial charge in [0.2, 0.25) is 5.91 Å². The molecule has 3 saturated heterocycles. The lowest BCUT2D eigenvalue weighted by Crippen LogP contribution is -2.53. The van der Waals surface area contributed by atoms with Crippen molar-refractivity contribution in [1.29, 1.82) is 0 Å². The maximum Gasteiger partial charge on any atom is 0.224 e. The Morgan fingerprint density at radius 2 is 2.00 bits per heavy atom. The molecule has 1 N–H and O–H groups in total. The summed E-state index contributed by atoms with van der Waals surface area (Å²) >= 11 is 0. The second-order valence-electron chi connectivity index (χ2n) is 6.28. The van der Waals surface area contributed by atoms with E-state index in [1.807, 2.05) is 0 Å². The molecule has 0 radical (unpaired) electrons. The van der Waals surface area contributed by atoms with E-state index in [-0.39, 0.29) is 29.1 Å². The van der Waals surface area contributed by atoms with Gasteiger partial charge in [0.1, 0.15) is 5.82 Å². The fourth-order valence-electron chi connectivity index (χ4n) is 3.44. The second-order valence-corrected chi connectivity index (χ2v) is 6.28. The third-order valence-electron chi connectivity index (χ3n) is 4.47. The second kappa shape index (κ2) is 4.22. The number of nitrogens with zero attached hydrogens (tertiary/aromatic N) is 1. The summed E-state index contributed by atoms with van der Waals surface area (Å²) in [5.74, 6) is -0.0452. The largest absolute Gasteiger partial charge is 0.365 e. The first-order chi connectivity index (χ1) is 8.97. The molecule has 3 nitrogen and oxygen atoms in total. The average Bonchev–Trinajstić information content (AvgIpc) is 2.57. The van der Waals surface area contributed by atoms with E-state index in [1.54, 1.807) is 12.1 Å². The summed E-state index contributed by atoms with van der Waals surface area (Å²) in [7, 11) is 0. The van der Waals surface area contributed by atoms with Crippen molar-refractivity contribution in [3.8, 4) is 0 Å². The summed E-state index contributed by atoms with van der Waals surface area (Å²) in [5.41, 5.74) is 1.08. The Morgan fingerprint density at radius 1 is 1.32 bits per heavy atom. The molecule has 0 saturated carbocycles. The summed E-state index contributed by atoms with van der Waals surface area (Å²) in [4.78, 5) is 14.2. The molecule has 3 fully saturated rings. The number of carbonyl (C=O) groups is 1. The van der Waals surface area contributed by atoms with E-state index in [0.29, 0.717) is 6.54 Å². The Bertz CT molecular complexity index is 497. The van der Waals surface area contributed by atoms with Crippen LogP contribution in [0.3, 0.4) is 0 Å². The van der Waals surface area contributed by atoms with Gasteiger partial charge in [-0.05, 0) is 36.1 Å². The minimum Gasteiger partial charge on any atom is -0.365 e. The lowest BCUT2D eigenvalue weighted by Gasteiger charge is -2.47. The smallest absolute Gasteiger partial charge is 0.224 e. The predicted molar refractivity (Wildman–Crippen MR) is 72.4 cm³/mol. The molecule has 0 aliphatic carbocycles. The Balaban J connectivity index is 1.98. The zero-order valence-corrected chi connectivity index (χ0v) is 11.3. The number of carbonyl (C=O) groups excluding carboxylic acids is 1. The first kappa shape index (κ1) is 12.5. The third kappa shape index (κ3) is 2.09. The molecule has 3 aliphatic heterocycles. The van der Waals surface area contributed by atoms with Crippen LogP contribution in [0.4, 0.5) is 10.1 Å². The van der Waals surface area contributed by atoms with Crippen molar-refractivity contribution >= 4 is 11.6 Å². The van der Waals surface area contributed by atoms with E-state index in [0.717, 1.165) is 18.7 Å². The Hall–Kier alpha value is -1.58. The van der Waals surface area contributed by atoms with Crippen LogP contribution < -0.4 is 10.2 Å². The zero-order chi connectivity index (χ0) is 13.6. The fraction of sp³-hybridized carbons (Fsp3) is 0.533. The number of halogens is 1. The molecule has 3 heterocycles. The van der Waals surface area contributed by atoms with Crippen LogP contribution in [0.5, 0.6) is 0 Å². The van der Waals surface area contributed by atoms with Crippen LogP contribution >= 0.6 is 0 Å². The van der Waals surface area contributed by atoms with Crippen LogP contribution in [0.15, 0.2) is 24.3 Å². The summed E-state index contributed by atoms with van der Waals surface area (Å²) in [6, 6.07) is 6.83. The summed E-state index contributed by atoms with van der Waals surface area (Å²) < 4.78 is 13.1. The Morgan fingerprint density at radius 3 is 2.68 bits per heavy atom. The standard InChI is InChI=1S/C15H19FN2O/c1-15(2)7-10-9-18(13(15)8-17-14(10)19)12-5-3-11(16)4-6-12/h3-6,10,13H,7-9H2,1-2H3,(H,17,19)/t10?,13-/m1/s1. The first-order valence-electron chi connectivity index (χ1n) is 6.77. The van der Waals surface area contributed by atoms with Crippen molar-refractivity contribution < 1.29 is 9.18 Å². The fourth-order valence-corrected chi connectivity index (χ4v) is 3.44. The molecule has 3 aliphatic rings. The minimum absolute atomic E-state index is 0.0267. The van der Waals surface area contributed by atoms with Crippen LogP contribution in [0, 0.1) is 17.2 Å². The number of hydrogen-bond donors (Lipinski definition) is 1. The van der Waals surface area contributed by atoms with E-state index in [9.17, 15) is 9.18 Å². The minimum atomic E-state index is -0.225. The summed E-state index contributed by atoms with van der Waals surface area (Å²) in [6.45, 7) is 5.81. The molecule has 1 amide bonds. The van der Waals surface area contributed by atoms with Gasteiger partial charge in [-0.15, -0.1) is 0 Å². The van der Waals surface area contributed by atoms with Gasteiger partial charge in [-0.1, -0.05) is 13.8 Å². The van der Waals surface area contributed by atoms with E-state index in [1.165, 1.54) is 12.1 Å². The molecule has 1 unspecified atom stereocenters. The molecule has 102 valence electrons. The van der Waals surface area contributed by atoms with Crippen molar-refractivity contribution in [2.45, 2.75) is 26.3 Å². The molecular weight excluding hydrogens is 243 g/mol. The molecular formula is C15H19FN2O. The number of fused-ring (bicyclic) bond motifs is 4. The van der Waals surface area contributed by atoms with Gasteiger partial charge in [-0.25, -0.2) is 4.39 Å². The molecule has 0 aromatic heterocycles. The van der Waals surface area contributed by atoms with E-state index < -0.39 is 0 Å². The maximum absolute atomic E-state index is 13.1. The van der Waals surface area contributed by atoms with Gasteiger partial charge in [0.05, 0.1) is 12.0 Å². The number of rotatable bonds is 1. The Labute approximate surface area is 112 Å². The normalized spacial score (nSPS) is 29.0. The van der Waals surface area contributed by atoms with E-state index in [4.69, 9.17) is 0 Å². The molecule has 1 aromatic carbocycles.